The zero-order valence-electron chi connectivity index (χ0n) is 8.23. The summed E-state index contributed by atoms with van der Waals surface area (Å²) in [7, 11) is -3.37. The number of rotatable bonds is 4. The van der Waals surface area contributed by atoms with Crippen molar-refractivity contribution < 1.29 is 17.6 Å². The summed E-state index contributed by atoms with van der Waals surface area (Å²) in [6.45, 7) is 0. The number of halogens is 1. The second-order valence-corrected chi connectivity index (χ2v) is 5.25. The Balaban J connectivity index is 3.03. The number of aldehydes is 1. The Labute approximate surface area is 87.8 Å². The third kappa shape index (κ3) is 3.13. The van der Waals surface area contributed by atoms with E-state index in [1.54, 1.807) is 0 Å². The molecule has 0 saturated heterocycles. The van der Waals surface area contributed by atoms with Crippen molar-refractivity contribution in [2.45, 2.75) is 17.7 Å². The molecule has 82 valence electrons. The van der Waals surface area contributed by atoms with Crippen molar-refractivity contribution in [1.29, 1.82) is 0 Å². The number of hydrogen-bond acceptors (Lipinski definition) is 3. The van der Waals surface area contributed by atoms with Gasteiger partial charge in [0.05, 0.1) is 4.90 Å². The van der Waals surface area contributed by atoms with Crippen molar-refractivity contribution in [2.75, 3.05) is 6.26 Å². The van der Waals surface area contributed by atoms with Gasteiger partial charge in [-0.2, -0.15) is 0 Å². The highest BCUT2D eigenvalue weighted by atomic mass is 32.2. The van der Waals surface area contributed by atoms with Gasteiger partial charge in [0.1, 0.15) is 12.1 Å². The van der Waals surface area contributed by atoms with Gasteiger partial charge in [-0.25, -0.2) is 12.8 Å². The third-order valence-corrected chi connectivity index (χ3v) is 3.09. The zero-order chi connectivity index (χ0) is 11.5. The molecule has 0 saturated carbocycles. The molecule has 0 fully saturated rings. The smallest absolute Gasteiger partial charge is 0.175 e. The maximum Gasteiger partial charge on any atom is 0.175 e. The van der Waals surface area contributed by atoms with Crippen LogP contribution in [0.1, 0.15) is 12.0 Å². The van der Waals surface area contributed by atoms with Crippen LogP contribution in [-0.4, -0.2) is 21.0 Å². The molecular weight excluding hydrogens is 219 g/mol. The lowest BCUT2D eigenvalue weighted by Crippen LogP contribution is -2.00. The molecule has 1 aromatic rings. The fraction of sp³-hybridized carbons (Fsp3) is 0.300. The van der Waals surface area contributed by atoms with Crippen LogP contribution in [0.4, 0.5) is 4.39 Å². The first-order chi connectivity index (χ1) is 6.95. The number of sulfone groups is 1. The first-order valence-electron chi connectivity index (χ1n) is 4.37. The second kappa shape index (κ2) is 4.53. The van der Waals surface area contributed by atoms with Gasteiger partial charge < -0.3 is 4.79 Å². The highest BCUT2D eigenvalue weighted by Gasteiger charge is 2.10. The monoisotopic (exact) mass is 230 g/mol. The Hall–Kier alpha value is -1.23. The molecule has 1 aromatic carbocycles. The number of carbonyl (C=O) groups excluding carboxylic acids is 1. The lowest BCUT2D eigenvalue weighted by molar-refractivity contribution is -0.107. The van der Waals surface area contributed by atoms with Crippen LogP contribution >= 0.6 is 0 Å². The number of carbonyl (C=O) groups is 1. The number of aryl methyl sites for hydroxylation is 1. The molecule has 0 spiro atoms. The Kier molecular flexibility index (Phi) is 3.57. The van der Waals surface area contributed by atoms with Crippen molar-refractivity contribution in [3.63, 3.8) is 0 Å². The molecule has 0 aliphatic rings. The predicted molar refractivity (Wildman–Crippen MR) is 53.9 cm³/mol. The molecule has 0 bridgehead atoms. The molecule has 5 heteroatoms. The van der Waals surface area contributed by atoms with Gasteiger partial charge in [-0.1, -0.05) is 6.07 Å². The van der Waals surface area contributed by atoms with E-state index < -0.39 is 15.7 Å². The van der Waals surface area contributed by atoms with E-state index in [2.05, 4.69) is 0 Å². The SMILES string of the molecule is CS(=O)(=O)c1ccc(CCC=O)c(F)c1. The van der Waals surface area contributed by atoms with E-state index in [-0.39, 0.29) is 11.3 Å². The van der Waals surface area contributed by atoms with Gasteiger partial charge >= 0.3 is 0 Å². The van der Waals surface area contributed by atoms with Crippen LogP contribution in [0.25, 0.3) is 0 Å². The molecule has 0 unspecified atom stereocenters. The minimum atomic E-state index is -3.37. The lowest BCUT2D eigenvalue weighted by Gasteiger charge is -2.03. The van der Waals surface area contributed by atoms with Crippen LogP contribution < -0.4 is 0 Å². The Morgan fingerprint density at radius 3 is 2.53 bits per heavy atom. The van der Waals surface area contributed by atoms with Crippen molar-refractivity contribution in [3.8, 4) is 0 Å². The molecule has 1 rings (SSSR count). The van der Waals surface area contributed by atoms with E-state index in [0.717, 1.165) is 12.3 Å². The van der Waals surface area contributed by atoms with Gasteiger partial charge in [0.2, 0.25) is 0 Å². The quantitative estimate of drug-likeness (QED) is 0.734. The molecule has 0 radical (unpaired) electrons. The minimum absolute atomic E-state index is 0.0464. The van der Waals surface area contributed by atoms with Gasteiger partial charge in [0, 0.05) is 12.7 Å². The Morgan fingerprint density at radius 1 is 1.40 bits per heavy atom. The summed E-state index contributed by atoms with van der Waals surface area (Å²) in [6, 6.07) is 3.73. The molecule has 0 aliphatic heterocycles. The molecular formula is C10H11FO3S. The molecule has 0 aliphatic carbocycles. The topological polar surface area (TPSA) is 51.2 Å². The van der Waals surface area contributed by atoms with Gasteiger partial charge in [-0.3, -0.25) is 0 Å². The van der Waals surface area contributed by atoms with Crippen molar-refractivity contribution >= 4 is 16.1 Å². The number of hydrogen-bond donors (Lipinski definition) is 0. The van der Waals surface area contributed by atoms with Crippen LogP contribution in [0.15, 0.2) is 23.1 Å². The molecule has 0 heterocycles. The molecule has 15 heavy (non-hydrogen) atoms. The zero-order valence-corrected chi connectivity index (χ0v) is 9.05. The van der Waals surface area contributed by atoms with Crippen molar-refractivity contribution in [3.05, 3.63) is 29.6 Å². The normalized spacial score (nSPS) is 11.3. The third-order valence-electron chi connectivity index (χ3n) is 1.98. The van der Waals surface area contributed by atoms with Gasteiger partial charge in [0.15, 0.2) is 9.84 Å². The first kappa shape index (κ1) is 11.8. The maximum atomic E-state index is 13.3. The average molecular weight is 230 g/mol. The van der Waals surface area contributed by atoms with Gasteiger partial charge in [0.25, 0.3) is 0 Å². The molecule has 0 amide bonds. The van der Waals surface area contributed by atoms with Crippen molar-refractivity contribution in [1.82, 2.24) is 0 Å². The standard InChI is InChI=1S/C10H11FO3S/c1-15(13,14)9-5-4-8(3-2-6-12)10(11)7-9/h4-7H,2-3H2,1H3. The summed E-state index contributed by atoms with van der Waals surface area (Å²) >= 11 is 0. The van der Waals surface area contributed by atoms with E-state index in [1.165, 1.54) is 12.1 Å². The molecule has 0 aromatic heterocycles. The van der Waals surface area contributed by atoms with E-state index >= 15 is 0 Å². The van der Waals surface area contributed by atoms with E-state index in [9.17, 15) is 17.6 Å². The molecule has 3 nitrogen and oxygen atoms in total. The Morgan fingerprint density at radius 2 is 2.07 bits per heavy atom. The summed E-state index contributed by atoms with van der Waals surface area (Å²) in [5, 5.41) is 0. The molecule has 0 N–H and O–H groups in total. The van der Waals surface area contributed by atoms with Gasteiger partial charge in [-0.05, 0) is 24.1 Å². The largest absolute Gasteiger partial charge is 0.303 e. The summed E-state index contributed by atoms with van der Waals surface area (Å²) in [6.07, 6.45) is 2.24. The minimum Gasteiger partial charge on any atom is -0.303 e. The van der Waals surface area contributed by atoms with Crippen LogP contribution in [-0.2, 0) is 21.1 Å². The number of benzene rings is 1. The van der Waals surface area contributed by atoms with E-state index in [0.29, 0.717) is 18.3 Å². The molecule has 0 atom stereocenters. The summed E-state index contributed by atoms with van der Waals surface area (Å²) in [5.41, 5.74) is 0.356. The maximum absolute atomic E-state index is 13.3. The van der Waals surface area contributed by atoms with Gasteiger partial charge in [-0.15, -0.1) is 0 Å². The van der Waals surface area contributed by atoms with Crippen molar-refractivity contribution in [2.24, 2.45) is 0 Å². The van der Waals surface area contributed by atoms with Crippen LogP contribution in [0.3, 0.4) is 0 Å². The highest BCUT2D eigenvalue weighted by Crippen LogP contribution is 2.15. The van der Waals surface area contributed by atoms with E-state index in [1.807, 2.05) is 0 Å². The summed E-state index contributed by atoms with van der Waals surface area (Å²) in [5.74, 6) is -0.584. The van der Waals surface area contributed by atoms with Crippen LogP contribution in [0, 0.1) is 5.82 Å². The second-order valence-electron chi connectivity index (χ2n) is 3.23. The summed E-state index contributed by atoms with van der Waals surface area (Å²) in [4.78, 5) is 10.1. The average Bonchev–Trinajstić information content (AvgIpc) is 2.14. The van der Waals surface area contributed by atoms with E-state index in [4.69, 9.17) is 0 Å². The van der Waals surface area contributed by atoms with Crippen LogP contribution in [0.2, 0.25) is 0 Å². The first-order valence-corrected chi connectivity index (χ1v) is 6.26. The highest BCUT2D eigenvalue weighted by molar-refractivity contribution is 7.90. The fourth-order valence-electron chi connectivity index (χ4n) is 1.18. The fourth-order valence-corrected chi connectivity index (χ4v) is 1.81. The Bertz CT molecular complexity index is 466. The lowest BCUT2D eigenvalue weighted by atomic mass is 10.1. The summed E-state index contributed by atoms with van der Waals surface area (Å²) < 4.78 is 35.5. The van der Waals surface area contributed by atoms with Crippen LogP contribution in [0.5, 0.6) is 0 Å². The predicted octanol–water partition coefficient (Wildman–Crippen LogP) is 1.36.